The topological polar surface area (TPSA) is 55.4 Å². The van der Waals surface area contributed by atoms with Crippen molar-refractivity contribution in [3.05, 3.63) is 58.0 Å². The summed E-state index contributed by atoms with van der Waals surface area (Å²) < 4.78 is 32.9. The molecule has 0 fully saturated rings. The van der Waals surface area contributed by atoms with E-state index < -0.39 is 10.0 Å². The van der Waals surface area contributed by atoms with Crippen molar-refractivity contribution >= 4 is 37.6 Å². The Kier molecular flexibility index (Phi) is 5.64. The number of halogens is 2. The van der Waals surface area contributed by atoms with E-state index in [1.165, 1.54) is 12.1 Å². The molecule has 0 atom stereocenters. The number of hydrogen-bond donors (Lipinski definition) is 1. The number of rotatable bonds is 6. The Morgan fingerprint density at radius 3 is 2.62 bits per heavy atom. The van der Waals surface area contributed by atoms with Crippen molar-refractivity contribution in [2.45, 2.75) is 4.90 Å². The normalized spacial score (nSPS) is 11.3. The van der Waals surface area contributed by atoms with Crippen molar-refractivity contribution < 1.29 is 13.2 Å². The fraction of sp³-hybridized carbons (Fsp3) is 0.143. The maximum absolute atomic E-state index is 12.1. The summed E-state index contributed by atoms with van der Waals surface area (Å²) in [6.07, 6.45) is 0. The monoisotopic (exact) mass is 389 g/mol. The largest absolute Gasteiger partial charge is 0.492 e. The number of nitrogens with one attached hydrogen (secondary N) is 1. The van der Waals surface area contributed by atoms with Crippen molar-refractivity contribution in [1.82, 2.24) is 4.72 Å². The Labute approximate surface area is 137 Å². The summed E-state index contributed by atoms with van der Waals surface area (Å²) in [5.74, 6) is 0.668. The van der Waals surface area contributed by atoms with Crippen LogP contribution in [-0.2, 0) is 10.0 Å². The van der Waals surface area contributed by atoms with Gasteiger partial charge in [-0.1, -0.05) is 45.7 Å². The van der Waals surface area contributed by atoms with Gasteiger partial charge in [0, 0.05) is 11.0 Å². The van der Waals surface area contributed by atoms with Gasteiger partial charge in [0.1, 0.15) is 17.3 Å². The summed E-state index contributed by atoms with van der Waals surface area (Å²) in [4.78, 5) is 0.0640. The first-order chi connectivity index (χ1) is 9.99. The van der Waals surface area contributed by atoms with E-state index in [0.717, 1.165) is 4.47 Å². The Morgan fingerprint density at radius 2 is 1.90 bits per heavy atom. The van der Waals surface area contributed by atoms with Gasteiger partial charge in [0.25, 0.3) is 0 Å². The fourth-order valence-electron chi connectivity index (χ4n) is 1.64. The van der Waals surface area contributed by atoms with Crippen molar-refractivity contribution in [3.63, 3.8) is 0 Å². The molecule has 112 valence electrons. The molecule has 0 aliphatic heterocycles. The third kappa shape index (κ3) is 4.71. The average molecular weight is 391 g/mol. The second-order valence-electron chi connectivity index (χ2n) is 4.13. The zero-order chi connectivity index (χ0) is 15.3. The summed E-state index contributed by atoms with van der Waals surface area (Å²) in [7, 11) is -3.62. The lowest BCUT2D eigenvalue weighted by molar-refractivity contribution is 0.322. The molecule has 4 nitrogen and oxygen atoms in total. The standard InChI is InChI=1S/C14H13BrClNO3S/c15-11-4-3-5-12(10-11)20-9-8-17-21(18,19)14-7-2-1-6-13(14)16/h1-7,10,17H,8-9H2. The zero-order valence-electron chi connectivity index (χ0n) is 10.9. The van der Waals surface area contributed by atoms with Crippen LogP contribution in [0.2, 0.25) is 5.02 Å². The van der Waals surface area contributed by atoms with Gasteiger partial charge < -0.3 is 4.74 Å². The molecule has 2 rings (SSSR count). The highest BCUT2D eigenvalue weighted by Gasteiger charge is 2.16. The van der Waals surface area contributed by atoms with Gasteiger partial charge >= 0.3 is 0 Å². The fourth-order valence-corrected chi connectivity index (χ4v) is 3.55. The third-order valence-corrected chi connectivity index (χ3v) is 5.04. The van der Waals surface area contributed by atoms with Crippen LogP contribution in [0.15, 0.2) is 57.9 Å². The second-order valence-corrected chi connectivity index (χ2v) is 7.19. The molecule has 2 aromatic rings. The zero-order valence-corrected chi connectivity index (χ0v) is 14.1. The Morgan fingerprint density at radius 1 is 1.14 bits per heavy atom. The van der Waals surface area contributed by atoms with Crippen LogP contribution in [0.4, 0.5) is 0 Å². The van der Waals surface area contributed by atoms with Crippen LogP contribution in [0.25, 0.3) is 0 Å². The molecule has 0 spiro atoms. The van der Waals surface area contributed by atoms with E-state index in [2.05, 4.69) is 20.7 Å². The molecule has 1 N–H and O–H groups in total. The predicted octanol–water partition coefficient (Wildman–Crippen LogP) is 3.46. The minimum absolute atomic E-state index is 0.0640. The van der Waals surface area contributed by atoms with Gasteiger partial charge in [-0.25, -0.2) is 13.1 Å². The maximum atomic E-state index is 12.1. The van der Waals surface area contributed by atoms with Gasteiger partial charge in [0.05, 0.1) is 5.02 Å². The number of ether oxygens (including phenoxy) is 1. The Bertz CT molecular complexity index is 722. The first-order valence-corrected chi connectivity index (χ1v) is 8.77. The molecule has 0 heterocycles. The van der Waals surface area contributed by atoms with E-state index >= 15 is 0 Å². The summed E-state index contributed by atoms with van der Waals surface area (Å²) >= 11 is 9.21. The smallest absolute Gasteiger partial charge is 0.242 e. The minimum atomic E-state index is -3.62. The van der Waals surface area contributed by atoms with Crippen LogP contribution in [0.5, 0.6) is 5.75 Å². The summed E-state index contributed by atoms with van der Waals surface area (Å²) in [6, 6.07) is 13.6. The molecule has 0 unspecified atom stereocenters. The summed E-state index contributed by atoms with van der Waals surface area (Å²) in [5.41, 5.74) is 0. The highest BCUT2D eigenvalue weighted by atomic mass is 79.9. The first kappa shape index (κ1) is 16.3. The predicted molar refractivity (Wildman–Crippen MR) is 86.3 cm³/mol. The first-order valence-electron chi connectivity index (χ1n) is 6.11. The van der Waals surface area contributed by atoms with Gasteiger partial charge in [0.15, 0.2) is 0 Å². The molecule has 0 aromatic heterocycles. The molecule has 0 aliphatic carbocycles. The number of sulfonamides is 1. The second kappa shape index (κ2) is 7.26. The van der Waals surface area contributed by atoms with Gasteiger partial charge in [-0.2, -0.15) is 0 Å². The van der Waals surface area contributed by atoms with E-state index in [9.17, 15) is 8.42 Å². The lowest BCUT2D eigenvalue weighted by atomic mass is 10.3. The molecule has 0 saturated carbocycles. The van der Waals surface area contributed by atoms with E-state index in [1.54, 1.807) is 18.2 Å². The Hall–Kier alpha value is -1.08. The van der Waals surface area contributed by atoms with E-state index in [1.807, 2.05) is 18.2 Å². The van der Waals surface area contributed by atoms with Gasteiger partial charge in [-0.05, 0) is 30.3 Å². The Balaban J connectivity index is 1.90. The molecule has 0 saturated heterocycles. The quantitative estimate of drug-likeness (QED) is 0.769. The highest BCUT2D eigenvalue weighted by Crippen LogP contribution is 2.20. The lowest BCUT2D eigenvalue weighted by Gasteiger charge is -2.09. The van der Waals surface area contributed by atoms with Crippen molar-refractivity contribution in [2.24, 2.45) is 0 Å². The van der Waals surface area contributed by atoms with Gasteiger partial charge in [0.2, 0.25) is 10.0 Å². The molecule has 0 bridgehead atoms. The van der Waals surface area contributed by atoms with Crippen LogP contribution < -0.4 is 9.46 Å². The maximum Gasteiger partial charge on any atom is 0.242 e. The summed E-state index contributed by atoms with van der Waals surface area (Å²) in [6.45, 7) is 0.375. The minimum Gasteiger partial charge on any atom is -0.492 e. The van der Waals surface area contributed by atoms with Crippen LogP contribution in [0, 0.1) is 0 Å². The summed E-state index contributed by atoms with van der Waals surface area (Å²) in [5, 5.41) is 0.193. The van der Waals surface area contributed by atoms with Crippen LogP contribution in [0.3, 0.4) is 0 Å². The van der Waals surface area contributed by atoms with Crippen molar-refractivity contribution in [3.8, 4) is 5.75 Å². The molecular weight excluding hydrogens is 378 g/mol. The number of hydrogen-bond acceptors (Lipinski definition) is 3. The van der Waals surface area contributed by atoms with E-state index in [0.29, 0.717) is 5.75 Å². The van der Waals surface area contributed by atoms with Gasteiger partial charge in [-0.3, -0.25) is 0 Å². The average Bonchev–Trinajstić information content (AvgIpc) is 2.44. The van der Waals surface area contributed by atoms with E-state index in [-0.39, 0.29) is 23.1 Å². The molecule has 7 heteroatoms. The number of benzene rings is 2. The van der Waals surface area contributed by atoms with Crippen LogP contribution >= 0.6 is 27.5 Å². The van der Waals surface area contributed by atoms with Gasteiger partial charge in [-0.15, -0.1) is 0 Å². The molecule has 0 aliphatic rings. The third-order valence-electron chi connectivity index (χ3n) is 2.59. The molecule has 21 heavy (non-hydrogen) atoms. The lowest BCUT2D eigenvalue weighted by Crippen LogP contribution is -2.28. The van der Waals surface area contributed by atoms with Crippen LogP contribution in [-0.4, -0.2) is 21.6 Å². The van der Waals surface area contributed by atoms with Crippen molar-refractivity contribution in [1.29, 1.82) is 0 Å². The molecule has 2 aromatic carbocycles. The molecule has 0 amide bonds. The molecule has 0 radical (unpaired) electrons. The molecular formula is C14H13BrClNO3S. The van der Waals surface area contributed by atoms with Crippen LogP contribution in [0.1, 0.15) is 0 Å². The SMILES string of the molecule is O=S(=O)(NCCOc1cccc(Br)c1)c1ccccc1Cl. The highest BCUT2D eigenvalue weighted by molar-refractivity contribution is 9.10. The van der Waals surface area contributed by atoms with E-state index in [4.69, 9.17) is 16.3 Å². The van der Waals surface area contributed by atoms with Crippen molar-refractivity contribution in [2.75, 3.05) is 13.2 Å².